The highest BCUT2D eigenvalue weighted by Gasteiger charge is 2.25. The van der Waals surface area contributed by atoms with E-state index in [1.165, 1.54) is 0 Å². The predicted octanol–water partition coefficient (Wildman–Crippen LogP) is 2.72. The number of carbonyl (C=O) groups excluding carboxylic acids is 1. The molecule has 2 N–H and O–H groups in total. The van der Waals surface area contributed by atoms with Crippen molar-refractivity contribution in [2.45, 2.75) is 31.1 Å². The van der Waals surface area contributed by atoms with Gasteiger partial charge in [0.05, 0.1) is 10.6 Å². The number of nitrogens with two attached hydrogens (primary N) is 1. The standard InChI is InChI=1S/C19H22N2O3S/c1-14-7-9-15(10-8-14)25(23,24)13-11-19(22)21-12-3-4-16-17(20)5-2-6-18(16)21/h2,5-10H,3-4,11-13,20H2,1H3. The molecule has 0 saturated heterocycles. The van der Waals surface area contributed by atoms with Gasteiger partial charge in [-0.2, -0.15) is 0 Å². The average Bonchev–Trinajstić information content (AvgIpc) is 2.60. The highest BCUT2D eigenvalue weighted by Crippen LogP contribution is 2.31. The van der Waals surface area contributed by atoms with E-state index in [1.54, 1.807) is 29.2 Å². The number of nitrogens with zero attached hydrogens (tertiary/aromatic N) is 1. The number of fused-ring (bicyclic) bond motifs is 1. The summed E-state index contributed by atoms with van der Waals surface area (Å²) >= 11 is 0. The fourth-order valence-corrected chi connectivity index (χ4v) is 4.36. The second kappa shape index (κ2) is 6.88. The van der Waals surface area contributed by atoms with Crippen molar-refractivity contribution < 1.29 is 13.2 Å². The summed E-state index contributed by atoms with van der Waals surface area (Å²) in [5, 5.41) is 0. The number of nitrogen functional groups attached to an aromatic ring is 1. The summed E-state index contributed by atoms with van der Waals surface area (Å²) in [5.74, 6) is -0.370. The van der Waals surface area contributed by atoms with E-state index in [4.69, 9.17) is 5.73 Å². The first kappa shape index (κ1) is 17.5. The summed E-state index contributed by atoms with van der Waals surface area (Å²) in [4.78, 5) is 14.5. The molecule has 25 heavy (non-hydrogen) atoms. The van der Waals surface area contributed by atoms with Gasteiger partial charge in [-0.3, -0.25) is 4.79 Å². The number of rotatable bonds is 4. The molecule has 3 rings (SSSR count). The Labute approximate surface area is 148 Å². The van der Waals surface area contributed by atoms with Crippen LogP contribution >= 0.6 is 0 Å². The number of hydrogen-bond donors (Lipinski definition) is 1. The lowest BCUT2D eigenvalue weighted by molar-refractivity contribution is -0.118. The van der Waals surface area contributed by atoms with E-state index in [0.717, 1.165) is 29.7 Å². The Bertz CT molecular complexity index is 889. The zero-order valence-electron chi connectivity index (χ0n) is 14.2. The first-order valence-corrected chi connectivity index (χ1v) is 10.0. The van der Waals surface area contributed by atoms with Crippen molar-refractivity contribution in [3.05, 3.63) is 53.6 Å². The fraction of sp³-hybridized carbons (Fsp3) is 0.316. The van der Waals surface area contributed by atoms with Crippen LogP contribution in [-0.2, 0) is 21.1 Å². The third kappa shape index (κ3) is 3.69. The Morgan fingerprint density at radius 1 is 1.16 bits per heavy atom. The molecule has 5 nitrogen and oxygen atoms in total. The number of carbonyl (C=O) groups is 1. The Balaban J connectivity index is 1.74. The molecule has 0 aromatic heterocycles. The highest BCUT2D eigenvalue weighted by atomic mass is 32.2. The predicted molar refractivity (Wildman–Crippen MR) is 99.4 cm³/mol. The largest absolute Gasteiger partial charge is 0.398 e. The Hall–Kier alpha value is -2.34. The van der Waals surface area contributed by atoms with E-state index < -0.39 is 9.84 Å². The van der Waals surface area contributed by atoms with Crippen molar-refractivity contribution in [3.63, 3.8) is 0 Å². The second-order valence-electron chi connectivity index (χ2n) is 6.38. The quantitative estimate of drug-likeness (QED) is 0.852. The molecular formula is C19H22N2O3S. The lowest BCUT2D eigenvalue weighted by atomic mass is 9.99. The van der Waals surface area contributed by atoms with Gasteiger partial charge in [0.1, 0.15) is 0 Å². The van der Waals surface area contributed by atoms with Crippen LogP contribution in [0.2, 0.25) is 0 Å². The lowest BCUT2D eigenvalue weighted by Gasteiger charge is -2.30. The smallest absolute Gasteiger partial charge is 0.228 e. The number of sulfone groups is 1. The van der Waals surface area contributed by atoms with Crippen molar-refractivity contribution in [2.24, 2.45) is 0 Å². The van der Waals surface area contributed by atoms with Crippen LogP contribution in [0.4, 0.5) is 11.4 Å². The van der Waals surface area contributed by atoms with E-state index in [1.807, 2.05) is 25.1 Å². The maximum absolute atomic E-state index is 12.6. The van der Waals surface area contributed by atoms with Gasteiger partial charge in [0, 0.05) is 24.3 Å². The number of anilines is 2. The second-order valence-corrected chi connectivity index (χ2v) is 8.48. The molecule has 0 unspecified atom stereocenters. The van der Waals surface area contributed by atoms with E-state index in [2.05, 4.69) is 0 Å². The van der Waals surface area contributed by atoms with Crippen LogP contribution in [0.15, 0.2) is 47.4 Å². The first-order valence-electron chi connectivity index (χ1n) is 8.35. The molecule has 1 aliphatic rings. The van der Waals surface area contributed by atoms with Crippen molar-refractivity contribution in [3.8, 4) is 0 Å². The number of benzene rings is 2. The number of amides is 1. The zero-order chi connectivity index (χ0) is 18.0. The third-order valence-corrected chi connectivity index (χ3v) is 6.28. The van der Waals surface area contributed by atoms with Gasteiger partial charge in [0.25, 0.3) is 0 Å². The minimum Gasteiger partial charge on any atom is -0.398 e. The molecule has 2 aromatic carbocycles. The van der Waals surface area contributed by atoms with Crippen LogP contribution in [0.3, 0.4) is 0 Å². The number of aryl methyl sites for hydroxylation is 1. The van der Waals surface area contributed by atoms with Crippen LogP contribution in [-0.4, -0.2) is 26.6 Å². The monoisotopic (exact) mass is 358 g/mol. The van der Waals surface area contributed by atoms with Crippen molar-refractivity contribution in [2.75, 3.05) is 22.9 Å². The molecule has 1 heterocycles. The summed E-state index contributed by atoms with van der Waals surface area (Å²) in [6.45, 7) is 2.50. The van der Waals surface area contributed by atoms with E-state index in [9.17, 15) is 13.2 Å². The molecule has 0 aliphatic carbocycles. The van der Waals surface area contributed by atoms with Crippen LogP contribution in [0.5, 0.6) is 0 Å². The molecule has 0 spiro atoms. The molecular weight excluding hydrogens is 336 g/mol. The highest BCUT2D eigenvalue weighted by molar-refractivity contribution is 7.91. The topological polar surface area (TPSA) is 80.5 Å². The maximum Gasteiger partial charge on any atom is 0.228 e. The third-order valence-electron chi connectivity index (χ3n) is 4.55. The van der Waals surface area contributed by atoms with Crippen LogP contribution < -0.4 is 10.6 Å². The average molecular weight is 358 g/mol. The molecule has 0 saturated carbocycles. The van der Waals surface area contributed by atoms with Crippen molar-refractivity contribution in [1.82, 2.24) is 0 Å². The molecule has 0 radical (unpaired) electrons. The summed E-state index contributed by atoms with van der Waals surface area (Å²) in [7, 11) is -3.47. The van der Waals surface area contributed by atoms with E-state index in [-0.39, 0.29) is 23.0 Å². The number of hydrogen-bond acceptors (Lipinski definition) is 4. The SMILES string of the molecule is Cc1ccc(S(=O)(=O)CCC(=O)N2CCCc3c(N)cccc32)cc1. The summed E-state index contributed by atoms with van der Waals surface area (Å²) in [5.41, 5.74) is 9.47. The summed E-state index contributed by atoms with van der Waals surface area (Å²) < 4.78 is 24.9. The van der Waals surface area contributed by atoms with Gasteiger partial charge < -0.3 is 10.6 Å². The summed E-state index contributed by atoms with van der Waals surface area (Å²) in [6.07, 6.45) is 1.63. The minimum atomic E-state index is -3.47. The first-order chi connectivity index (χ1) is 11.9. The van der Waals surface area contributed by atoms with Gasteiger partial charge >= 0.3 is 0 Å². The lowest BCUT2D eigenvalue weighted by Crippen LogP contribution is -2.36. The van der Waals surface area contributed by atoms with Crippen LogP contribution in [0.25, 0.3) is 0 Å². The molecule has 0 bridgehead atoms. The van der Waals surface area contributed by atoms with Gasteiger partial charge in [-0.1, -0.05) is 23.8 Å². The molecule has 2 aromatic rings. The Morgan fingerprint density at radius 2 is 1.88 bits per heavy atom. The Kier molecular flexibility index (Phi) is 4.81. The molecule has 0 fully saturated rings. The normalized spacial score (nSPS) is 14.2. The van der Waals surface area contributed by atoms with E-state index >= 15 is 0 Å². The maximum atomic E-state index is 12.6. The van der Waals surface area contributed by atoms with E-state index in [0.29, 0.717) is 12.2 Å². The molecule has 132 valence electrons. The summed E-state index contributed by atoms with van der Waals surface area (Å²) in [6, 6.07) is 12.2. The van der Waals surface area contributed by atoms with Crippen LogP contribution in [0, 0.1) is 6.92 Å². The van der Waals surface area contributed by atoms with Crippen molar-refractivity contribution in [1.29, 1.82) is 0 Å². The van der Waals surface area contributed by atoms with Gasteiger partial charge in [0.2, 0.25) is 5.91 Å². The van der Waals surface area contributed by atoms with Gasteiger partial charge in [-0.15, -0.1) is 0 Å². The molecule has 0 atom stereocenters. The molecule has 1 aliphatic heterocycles. The zero-order valence-corrected chi connectivity index (χ0v) is 15.1. The van der Waals surface area contributed by atoms with Crippen LogP contribution in [0.1, 0.15) is 24.0 Å². The molecule has 6 heteroatoms. The minimum absolute atomic E-state index is 0.0373. The van der Waals surface area contributed by atoms with Gasteiger partial charge in [-0.05, 0) is 49.6 Å². The Morgan fingerprint density at radius 3 is 2.60 bits per heavy atom. The van der Waals surface area contributed by atoms with Gasteiger partial charge in [0.15, 0.2) is 9.84 Å². The van der Waals surface area contributed by atoms with Gasteiger partial charge in [-0.25, -0.2) is 8.42 Å². The molecule has 1 amide bonds. The fourth-order valence-electron chi connectivity index (χ4n) is 3.13. The van der Waals surface area contributed by atoms with Crippen molar-refractivity contribution >= 4 is 27.1 Å².